The average Bonchev–Trinajstić information content (AvgIpc) is 2.60. The van der Waals surface area contributed by atoms with Crippen LogP contribution in [-0.4, -0.2) is 31.8 Å². The first-order valence-corrected chi connectivity index (χ1v) is 7.26. The van der Waals surface area contributed by atoms with E-state index in [1.807, 2.05) is 0 Å². The van der Waals surface area contributed by atoms with Gasteiger partial charge in [-0.1, -0.05) is 18.2 Å². The number of aliphatic imine (C=N–C) groups is 1. The van der Waals surface area contributed by atoms with E-state index >= 15 is 0 Å². The molecule has 136 valence electrons. The van der Waals surface area contributed by atoms with E-state index in [4.69, 9.17) is 15.2 Å². The van der Waals surface area contributed by atoms with E-state index in [-0.39, 0.29) is 42.0 Å². The van der Waals surface area contributed by atoms with Crippen LogP contribution in [0.1, 0.15) is 11.7 Å². The number of guanidine groups is 1. The summed E-state index contributed by atoms with van der Waals surface area (Å²) < 4.78 is 23.9. The van der Waals surface area contributed by atoms with E-state index in [0.29, 0.717) is 17.2 Å². The zero-order valence-corrected chi connectivity index (χ0v) is 16.2. The minimum atomic E-state index is -1.07. The number of rotatable bonds is 6. The molecule has 6 nitrogen and oxygen atoms in total. The summed E-state index contributed by atoms with van der Waals surface area (Å²) in [7, 11) is 3.08. The molecule has 0 amide bonds. The van der Waals surface area contributed by atoms with Gasteiger partial charge in [0.15, 0.2) is 17.5 Å². The maximum absolute atomic E-state index is 13.6. The van der Waals surface area contributed by atoms with Gasteiger partial charge in [-0.25, -0.2) is 4.39 Å². The van der Waals surface area contributed by atoms with Gasteiger partial charge in [0.2, 0.25) is 0 Å². The number of benzene rings is 2. The molecule has 0 aliphatic heterocycles. The largest absolute Gasteiger partial charge is 0.493 e. The van der Waals surface area contributed by atoms with Gasteiger partial charge >= 0.3 is 0 Å². The third-order valence-corrected chi connectivity index (χ3v) is 3.35. The van der Waals surface area contributed by atoms with Gasteiger partial charge in [-0.05, 0) is 18.2 Å². The van der Waals surface area contributed by atoms with Crippen LogP contribution in [0.25, 0.3) is 0 Å². The lowest BCUT2D eigenvalue weighted by Gasteiger charge is -2.12. The molecule has 0 radical (unpaired) electrons. The molecule has 0 aromatic heterocycles. The molecule has 0 fully saturated rings. The summed E-state index contributed by atoms with van der Waals surface area (Å²) in [5.74, 6) is 0.749. The highest BCUT2D eigenvalue weighted by atomic mass is 127. The number of aliphatic hydroxyl groups excluding tert-OH is 1. The second-order valence-electron chi connectivity index (χ2n) is 4.96. The standard InChI is InChI=1S/C17H20FN3O3.HI/c1-23-15-8-7-11(9-16(15)24-2)21-17(19)20-10-14(22)12-5-3-4-6-13(12)18;/h3-9,14,22H,10H2,1-2H3,(H3,19,20,21);1H. The van der Waals surface area contributed by atoms with Crippen molar-refractivity contribution in [1.29, 1.82) is 0 Å². The summed E-state index contributed by atoms with van der Waals surface area (Å²) in [6, 6.07) is 11.2. The molecule has 0 aliphatic carbocycles. The van der Waals surface area contributed by atoms with Crippen LogP contribution in [0, 0.1) is 5.82 Å². The molecule has 2 aromatic carbocycles. The van der Waals surface area contributed by atoms with Gasteiger partial charge < -0.3 is 25.6 Å². The van der Waals surface area contributed by atoms with E-state index in [1.165, 1.54) is 19.2 Å². The Hall–Kier alpha value is -2.07. The van der Waals surface area contributed by atoms with Gasteiger partial charge in [0.05, 0.1) is 20.8 Å². The van der Waals surface area contributed by atoms with Crippen molar-refractivity contribution in [3.8, 4) is 11.5 Å². The molecule has 25 heavy (non-hydrogen) atoms. The lowest BCUT2D eigenvalue weighted by molar-refractivity contribution is 0.182. The Bertz CT molecular complexity index is 728. The Morgan fingerprint density at radius 2 is 1.88 bits per heavy atom. The minimum absolute atomic E-state index is 0. The van der Waals surface area contributed by atoms with E-state index in [2.05, 4.69) is 10.3 Å². The highest BCUT2D eigenvalue weighted by Crippen LogP contribution is 2.29. The summed E-state index contributed by atoms with van der Waals surface area (Å²) in [6.07, 6.45) is -1.07. The Kier molecular flexibility index (Phi) is 8.42. The van der Waals surface area contributed by atoms with Crippen molar-refractivity contribution < 1.29 is 19.0 Å². The zero-order chi connectivity index (χ0) is 17.5. The molecule has 0 heterocycles. The van der Waals surface area contributed by atoms with Crippen molar-refractivity contribution in [3.05, 3.63) is 53.8 Å². The van der Waals surface area contributed by atoms with Crippen molar-refractivity contribution in [2.75, 3.05) is 26.1 Å². The first-order chi connectivity index (χ1) is 11.5. The fraction of sp³-hybridized carbons (Fsp3) is 0.235. The summed E-state index contributed by atoms with van der Waals surface area (Å²) in [4.78, 5) is 4.03. The van der Waals surface area contributed by atoms with Crippen LogP contribution in [0.4, 0.5) is 10.1 Å². The Balaban J connectivity index is 0.00000312. The molecule has 0 saturated heterocycles. The highest BCUT2D eigenvalue weighted by molar-refractivity contribution is 14.0. The molecule has 0 spiro atoms. The fourth-order valence-electron chi connectivity index (χ4n) is 2.13. The van der Waals surface area contributed by atoms with Crippen molar-refractivity contribution in [2.45, 2.75) is 6.10 Å². The summed E-state index contributed by atoms with van der Waals surface area (Å²) in [6.45, 7) is -0.0624. The van der Waals surface area contributed by atoms with Crippen LogP contribution in [0.2, 0.25) is 0 Å². The lowest BCUT2D eigenvalue weighted by Crippen LogP contribution is -2.23. The molecule has 0 aliphatic rings. The smallest absolute Gasteiger partial charge is 0.193 e. The van der Waals surface area contributed by atoms with Gasteiger partial charge in [0.1, 0.15) is 11.9 Å². The molecule has 1 atom stereocenters. The molecule has 0 saturated carbocycles. The number of aliphatic hydroxyl groups is 1. The number of hydrogen-bond acceptors (Lipinski definition) is 4. The van der Waals surface area contributed by atoms with Crippen LogP contribution >= 0.6 is 24.0 Å². The number of nitrogens with two attached hydrogens (primary N) is 1. The van der Waals surface area contributed by atoms with Crippen molar-refractivity contribution in [2.24, 2.45) is 10.7 Å². The minimum Gasteiger partial charge on any atom is -0.493 e. The van der Waals surface area contributed by atoms with Crippen LogP contribution < -0.4 is 20.5 Å². The molecular formula is C17H21FIN3O3. The summed E-state index contributed by atoms with van der Waals surface area (Å²) in [5.41, 5.74) is 6.62. The summed E-state index contributed by atoms with van der Waals surface area (Å²) >= 11 is 0. The third-order valence-electron chi connectivity index (χ3n) is 3.35. The van der Waals surface area contributed by atoms with E-state index < -0.39 is 11.9 Å². The topological polar surface area (TPSA) is 89.1 Å². The molecule has 2 rings (SSSR count). The van der Waals surface area contributed by atoms with Gasteiger partial charge in [0, 0.05) is 17.3 Å². The van der Waals surface area contributed by atoms with Crippen LogP contribution in [0.5, 0.6) is 11.5 Å². The average molecular weight is 461 g/mol. The number of nitrogens with one attached hydrogen (secondary N) is 1. The highest BCUT2D eigenvalue weighted by Gasteiger charge is 2.11. The van der Waals surface area contributed by atoms with Gasteiger partial charge in [-0.2, -0.15) is 0 Å². The molecule has 8 heteroatoms. The normalized spacial score (nSPS) is 12.1. The maximum atomic E-state index is 13.6. The molecule has 1 unspecified atom stereocenters. The molecular weight excluding hydrogens is 440 g/mol. The fourth-order valence-corrected chi connectivity index (χ4v) is 2.13. The molecule has 2 aromatic rings. The third kappa shape index (κ3) is 5.75. The van der Waals surface area contributed by atoms with Gasteiger partial charge in [-0.3, -0.25) is 4.99 Å². The van der Waals surface area contributed by atoms with Crippen LogP contribution in [0.3, 0.4) is 0 Å². The maximum Gasteiger partial charge on any atom is 0.193 e. The molecule has 4 N–H and O–H groups in total. The number of nitrogens with zero attached hydrogens (tertiary/aromatic N) is 1. The predicted molar refractivity (Wildman–Crippen MR) is 106 cm³/mol. The Morgan fingerprint density at radius 1 is 1.20 bits per heavy atom. The monoisotopic (exact) mass is 461 g/mol. The predicted octanol–water partition coefficient (Wildman–Crippen LogP) is 2.92. The number of hydrogen-bond donors (Lipinski definition) is 3. The van der Waals surface area contributed by atoms with E-state index in [0.717, 1.165) is 0 Å². The quantitative estimate of drug-likeness (QED) is 0.350. The van der Waals surface area contributed by atoms with Gasteiger partial charge in [0.25, 0.3) is 0 Å². The SMILES string of the molecule is COc1ccc(NC(N)=NCC(O)c2ccccc2F)cc1OC.I. The number of halogens is 2. The van der Waals surface area contributed by atoms with Gasteiger partial charge in [-0.15, -0.1) is 24.0 Å². The Morgan fingerprint density at radius 3 is 2.52 bits per heavy atom. The Labute approximate surface area is 162 Å². The second-order valence-corrected chi connectivity index (χ2v) is 4.96. The van der Waals surface area contributed by atoms with E-state index in [9.17, 15) is 9.50 Å². The zero-order valence-electron chi connectivity index (χ0n) is 13.9. The first kappa shape index (κ1) is 21.0. The lowest BCUT2D eigenvalue weighted by atomic mass is 10.1. The second kappa shape index (κ2) is 10.0. The van der Waals surface area contributed by atoms with E-state index in [1.54, 1.807) is 37.4 Å². The first-order valence-electron chi connectivity index (χ1n) is 7.26. The van der Waals surface area contributed by atoms with Crippen LogP contribution in [-0.2, 0) is 0 Å². The van der Waals surface area contributed by atoms with Crippen molar-refractivity contribution in [1.82, 2.24) is 0 Å². The number of anilines is 1. The van der Waals surface area contributed by atoms with Crippen LogP contribution in [0.15, 0.2) is 47.5 Å². The summed E-state index contributed by atoms with van der Waals surface area (Å²) in [5, 5.41) is 12.9. The number of methoxy groups -OCH3 is 2. The van der Waals surface area contributed by atoms with Crippen molar-refractivity contribution in [3.63, 3.8) is 0 Å². The molecule has 0 bridgehead atoms. The number of ether oxygens (including phenoxy) is 2. The van der Waals surface area contributed by atoms with Crippen molar-refractivity contribution >= 4 is 35.6 Å².